The minimum absolute atomic E-state index is 0. The summed E-state index contributed by atoms with van der Waals surface area (Å²) in [5, 5.41) is 6.94. The minimum Gasteiger partial charge on any atom is -0.356 e. The Bertz CT molecular complexity index is 385. The maximum atomic E-state index is 4.35. The third kappa shape index (κ3) is 10.9. The molecule has 2 heterocycles. The highest BCUT2D eigenvalue weighted by Crippen LogP contribution is 2.16. The fraction of sp³-hybridized carbons (Fsp3) is 0.952. The number of unbranched alkanes of at least 4 members (excludes halogenated alkanes) is 2. The number of nitrogens with zero attached hydrogens (tertiary/aromatic N) is 3. The number of hydrogen-bond acceptors (Lipinski definition) is 3. The van der Waals surface area contributed by atoms with Gasteiger partial charge in [0.15, 0.2) is 5.96 Å². The molecule has 2 N–H and O–H groups in total. The van der Waals surface area contributed by atoms with Crippen LogP contribution in [-0.2, 0) is 0 Å². The molecule has 0 aromatic rings. The van der Waals surface area contributed by atoms with Crippen molar-refractivity contribution in [1.29, 1.82) is 0 Å². The van der Waals surface area contributed by atoms with Crippen molar-refractivity contribution >= 4 is 29.9 Å². The van der Waals surface area contributed by atoms with Crippen LogP contribution < -0.4 is 10.6 Å². The van der Waals surface area contributed by atoms with E-state index in [1.54, 1.807) is 0 Å². The minimum atomic E-state index is 0. The number of guanidine groups is 1. The predicted octanol–water partition coefficient (Wildman–Crippen LogP) is 3.69. The quantitative estimate of drug-likeness (QED) is 0.211. The Morgan fingerprint density at radius 3 is 2.26 bits per heavy atom. The number of aliphatic imine (C=N–C) groups is 1. The zero-order valence-corrected chi connectivity index (χ0v) is 20.2. The summed E-state index contributed by atoms with van der Waals surface area (Å²) in [5.74, 6) is 0.965. The largest absolute Gasteiger partial charge is 0.356 e. The molecule has 2 fully saturated rings. The molecule has 0 amide bonds. The van der Waals surface area contributed by atoms with E-state index in [2.05, 4.69) is 32.3 Å². The second-order valence-electron chi connectivity index (χ2n) is 8.12. The fourth-order valence-electron chi connectivity index (χ4n) is 4.23. The van der Waals surface area contributed by atoms with Crippen LogP contribution in [0.1, 0.15) is 71.1 Å². The molecular weight excluding hydrogens is 449 g/mol. The van der Waals surface area contributed by atoms with Crippen LogP contribution >= 0.6 is 24.0 Å². The number of likely N-dealkylation sites (tertiary alicyclic amines) is 2. The van der Waals surface area contributed by atoms with Gasteiger partial charge in [0.25, 0.3) is 0 Å². The summed E-state index contributed by atoms with van der Waals surface area (Å²) >= 11 is 0. The topological polar surface area (TPSA) is 42.9 Å². The standard InChI is InChI=1S/C21H43N5.HI/c1-20-12-5-10-18-26(20)19-11-14-24-21(22-2)23-13-6-3-7-15-25-16-8-4-9-17-25;/h20H,3-19H2,1-2H3,(H2,22,23,24);1H. The number of hydrogen-bond donors (Lipinski definition) is 2. The average Bonchev–Trinajstić information content (AvgIpc) is 2.68. The highest BCUT2D eigenvalue weighted by atomic mass is 127. The predicted molar refractivity (Wildman–Crippen MR) is 128 cm³/mol. The van der Waals surface area contributed by atoms with Crippen molar-refractivity contribution in [2.75, 3.05) is 52.9 Å². The Morgan fingerprint density at radius 1 is 0.852 bits per heavy atom. The van der Waals surface area contributed by atoms with Crippen molar-refractivity contribution in [2.24, 2.45) is 4.99 Å². The van der Waals surface area contributed by atoms with Crippen molar-refractivity contribution in [3.8, 4) is 0 Å². The molecule has 0 radical (unpaired) electrons. The lowest BCUT2D eigenvalue weighted by Gasteiger charge is -2.33. The average molecular weight is 494 g/mol. The van der Waals surface area contributed by atoms with Crippen LogP contribution in [0.2, 0.25) is 0 Å². The monoisotopic (exact) mass is 493 g/mol. The van der Waals surface area contributed by atoms with Gasteiger partial charge in [0.2, 0.25) is 0 Å². The van der Waals surface area contributed by atoms with E-state index < -0.39 is 0 Å². The molecule has 0 aromatic heterocycles. The van der Waals surface area contributed by atoms with Crippen LogP contribution in [0.4, 0.5) is 0 Å². The van der Waals surface area contributed by atoms with Gasteiger partial charge < -0.3 is 20.4 Å². The van der Waals surface area contributed by atoms with Crippen molar-refractivity contribution < 1.29 is 0 Å². The molecule has 160 valence electrons. The van der Waals surface area contributed by atoms with E-state index in [-0.39, 0.29) is 24.0 Å². The summed E-state index contributed by atoms with van der Waals surface area (Å²) in [6.07, 6.45) is 13.5. The van der Waals surface area contributed by atoms with Gasteiger partial charge >= 0.3 is 0 Å². The van der Waals surface area contributed by atoms with Gasteiger partial charge in [0.05, 0.1) is 0 Å². The van der Waals surface area contributed by atoms with Crippen molar-refractivity contribution in [2.45, 2.75) is 77.2 Å². The molecule has 6 heteroatoms. The number of halogens is 1. The Hall–Kier alpha value is -0.0800. The maximum Gasteiger partial charge on any atom is 0.190 e. The van der Waals surface area contributed by atoms with Gasteiger partial charge in [-0.2, -0.15) is 0 Å². The first-order valence-corrected chi connectivity index (χ1v) is 11.2. The zero-order valence-electron chi connectivity index (χ0n) is 17.8. The highest BCUT2D eigenvalue weighted by Gasteiger charge is 2.17. The lowest BCUT2D eigenvalue weighted by molar-refractivity contribution is 0.159. The van der Waals surface area contributed by atoms with E-state index in [4.69, 9.17) is 0 Å². The smallest absolute Gasteiger partial charge is 0.190 e. The zero-order chi connectivity index (χ0) is 18.5. The molecule has 5 nitrogen and oxygen atoms in total. The van der Waals surface area contributed by atoms with E-state index >= 15 is 0 Å². The second-order valence-corrected chi connectivity index (χ2v) is 8.12. The summed E-state index contributed by atoms with van der Waals surface area (Å²) in [4.78, 5) is 9.63. The van der Waals surface area contributed by atoms with E-state index in [0.717, 1.165) is 25.1 Å². The molecular formula is C21H44IN5. The van der Waals surface area contributed by atoms with Gasteiger partial charge in [0.1, 0.15) is 0 Å². The third-order valence-electron chi connectivity index (χ3n) is 5.97. The lowest BCUT2D eigenvalue weighted by atomic mass is 10.0. The molecule has 27 heavy (non-hydrogen) atoms. The maximum absolute atomic E-state index is 4.35. The molecule has 2 saturated heterocycles. The van der Waals surface area contributed by atoms with Gasteiger partial charge in [-0.05, 0) is 78.0 Å². The third-order valence-corrected chi connectivity index (χ3v) is 5.97. The fourth-order valence-corrected chi connectivity index (χ4v) is 4.23. The Balaban J connectivity index is 0.00000364. The molecule has 1 unspecified atom stereocenters. The molecule has 2 aliphatic heterocycles. The lowest BCUT2D eigenvalue weighted by Crippen LogP contribution is -2.41. The first-order valence-electron chi connectivity index (χ1n) is 11.2. The van der Waals surface area contributed by atoms with Crippen LogP contribution in [0.5, 0.6) is 0 Å². The van der Waals surface area contributed by atoms with E-state index in [1.807, 2.05) is 7.05 Å². The van der Waals surface area contributed by atoms with E-state index in [0.29, 0.717) is 0 Å². The summed E-state index contributed by atoms with van der Waals surface area (Å²) in [6, 6.07) is 0.770. The van der Waals surface area contributed by atoms with E-state index in [9.17, 15) is 0 Å². The van der Waals surface area contributed by atoms with E-state index in [1.165, 1.54) is 96.9 Å². The molecule has 0 aliphatic carbocycles. The summed E-state index contributed by atoms with van der Waals surface area (Å²) in [7, 11) is 1.87. The molecule has 2 rings (SSSR count). The molecule has 0 aromatic carbocycles. The van der Waals surface area contributed by atoms with Crippen molar-refractivity contribution in [3.63, 3.8) is 0 Å². The molecule has 0 spiro atoms. The van der Waals surface area contributed by atoms with Crippen LogP contribution in [0.3, 0.4) is 0 Å². The van der Waals surface area contributed by atoms with Crippen LogP contribution in [0.25, 0.3) is 0 Å². The summed E-state index contributed by atoms with van der Waals surface area (Å²) in [5.41, 5.74) is 0. The summed E-state index contributed by atoms with van der Waals surface area (Å²) < 4.78 is 0. The van der Waals surface area contributed by atoms with Gasteiger partial charge in [0, 0.05) is 32.7 Å². The second kappa shape index (κ2) is 15.8. The Labute approximate surface area is 185 Å². The van der Waals surface area contributed by atoms with Crippen LogP contribution in [0.15, 0.2) is 4.99 Å². The van der Waals surface area contributed by atoms with Crippen LogP contribution in [0, 0.1) is 0 Å². The SMILES string of the molecule is CN=C(NCCCCCN1CCCCC1)NCCCN1CCCCC1C.I. The van der Waals surface area contributed by atoms with Gasteiger partial charge in [-0.25, -0.2) is 0 Å². The molecule has 0 saturated carbocycles. The number of rotatable bonds is 10. The normalized spacial score (nSPS) is 22.3. The van der Waals surface area contributed by atoms with Crippen molar-refractivity contribution in [3.05, 3.63) is 0 Å². The van der Waals surface area contributed by atoms with Gasteiger partial charge in [-0.3, -0.25) is 4.99 Å². The molecule has 2 aliphatic rings. The first-order chi connectivity index (χ1) is 12.8. The number of nitrogens with one attached hydrogen (secondary N) is 2. The summed E-state index contributed by atoms with van der Waals surface area (Å²) in [6.45, 7) is 10.9. The van der Waals surface area contributed by atoms with Gasteiger partial charge in [-0.15, -0.1) is 24.0 Å². The Morgan fingerprint density at radius 2 is 1.56 bits per heavy atom. The van der Waals surface area contributed by atoms with Gasteiger partial charge in [-0.1, -0.05) is 19.3 Å². The van der Waals surface area contributed by atoms with Crippen molar-refractivity contribution in [1.82, 2.24) is 20.4 Å². The van der Waals surface area contributed by atoms with Crippen LogP contribution in [-0.4, -0.2) is 74.7 Å². The number of piperidine rings is 2. The first kappa shape index (κ1) is 25.0. The molecule has 1 atom stereocenters. The Kier molecular flexibility index (Phi) is 14.6. The molecule has 0 bridgehead atoms. The highest BCUT2D eigenvalue weighted by molar-refractivity contribution is 14.0.